The molecule has 5 rings (SSSR count). The lowest BCUT2D eigenvalue weighted by Crippen LogP contribution is -2.46. The minimum Gasteiger partial charge on any atom is -0.489 e. The fourth-order valence-electron chi connectivity index (χ4n) is 5.15. The summed E-state index contributed by atoms with van der Waals surface area (Å²) in [6.07, 6.45) is 3.07. The molecule has 1 heterocycles. The molecule has 1 atom stereocenters. The van der Waals surface area contributed by atoms with Gasteiger partial charge in [-0.2, -0.15) is 0 Å². The van der Waals surface area contributed by atoms with Gasteiger partial charge in [0.2, 0.25) is 0 Å². The normalized spacial score (nSPS) is 18.8. The van der Waals surface area contributed by atoms with Crippen LogP contribution in [-0.2, 0) is 10.3 Å². The van der Waals surface area contributed by atoms with Crippen LogP contribution in [0.2, 0.25) is 0 Å². The minimum atomic E-state index is -0.533. The summed E-state index contributed by atoms with van der Waals surface area (Å²) >= 11 is 0. The lowest BCUT2D eigenvalue weighted by molar-refractivity contribution is 0.00776. The summed E-state index contributed by atoms with van der Waals surface area (Å²) in [7, 11) is 0. The van der Waals surface area contributed by atoms with E-state index < -0.39 is 5.60 Å². The number of carbonyl (C=O) groups is 2. The molecule has 2 aliphatic rings. The number of amides is 2. The Balaban J connectivity index is 1.29. The molecule has 6 nitrogen and oxygen atoms in total. The van der Waals surface area contributed by atoms with E-state index in [9.17, 15) is 9.59 Å². The van der Waals surface area contributed by atoms with Crippen molar-refractivity contribution in [3.63, 3.8) is 0 Å². The van der Waals surface area contributed by atoms with Crippen molar-refractivity contribution in [3.8, 4) is 5.75 Å². The molecule has 194 valence electrons. The molecule has 0 bridgehead atoms. The number of ether oxygens (including phenoxy) is 2. The maximum Gasteiger partial charge on any atom is 0.410 e. The highest BCUT2D eigenvalue weighted by Gasteiger charge is 2.46. The van der Waals surface area contributed by atoms with E-state index in [1.54, 1.807) is 4.90 Å². The van der Waals surface area contributed by atoms with E-state index in [1.165, 1.54) is 16.3 Å². The van der Waals surface area contributed by atoms with Crippen LogP contribution in [0.25, 0.3) is 10.8 Å². The first-order chi connectivity index (χ1) is 17.6. The molecule has 3 aromatic rings. The van der Waals surface area contributed by atoms with Gasteiger partial charge < -0.3 is 19.7 Å². The largest absolute Gasteiger partial charge is 0.489 e. The second-order valence-corrected chi connectivity index (χ2v) is 11.3. The molecule has 1 saturated carbocycles. The first-order valence-electron chi connectivity index (χ1n) is 13.2. The summed E-state index contributed by atoms with van der Waals surface area (Å²) in [5, 5.41) is 5.71. The number of rotatable bonds is 5. The van der Waals surface area contributed by atoms with Crippen LogP contribution in [0.15, 0.2) is 60.7 Å². The number of piperidine rings is 1. The van der Waals surface area contributed by atoms with Crippen molar-refractivity contribution in [2.45, 2.75) is 70.6 Å². The van der Waals surface area contributed by atoms with Gasteiger partial charge in [0.05, 0.1) is 12.1 Å². The molecule has 2 fully saturated rings. The summed E-state index contributed by atoms with van der Waals surface area (Å²) in [6, 6.07) is 20.3. The van der Waals surface area contributed by atoms with Crippen LogP contribution in [0.4, 0.5) is 4.79 Å². The van der Waals surface area contributed by atoms with Gasteiger partial charge in [-0.05, 0) is 87.4 Å². The maximum absolute atomic E-state index is 13.5. The molecule has 0 spiro atoms. The van der Waals surface area contributed by atoms with E-state index in [2.05, 4.69) is 35.6 Å². The van der Waals surface area contributed by atoms with Crippen molar-refractivity contribution in [2.24, 2.45) is 0 Å². The summed E-state index contributed by atoms with van der Waals surface area (Å²) in [5.41, 5.74) is 1.82. The van der Waals surface area contributed by atoms with Crippen LogP contribution in [-0.4, -0.2) is 41.7 Å². The third-order valence-electron chi connectivity index (χ3n) is 7.19. The Hall–Kier alpha value is -3.54. The van der Waals surface area contributed by atoms with E-state index in [1.807, 2.05) is 58.0 Å². The number of carbonyl (C=O) groups excluding carboxylic acids is 2. The van der Waals surface area contributed by atoms with Gasteiger partial charge in [0.25, 0.3) is 5.91 Å². The summed E-state index contributed by atoms with van der Waals surface area (Å²) < 4.78 is 11.8. The van der Waals surface area contributed by atoms with Crippen molar-refractivity contribution >= 4 is 22.8 Å². The number of fused-ring (bicyclic) bond motifs is 1. The van der Waals surface area contributed by atoms with E-state index in [-0.39, 0.29) is 23.6 Å². The summed E-state index contributed by atoms with van der Waals surface area (Å²) in [4.78, 5) is 27.8. The van der Waals surface area contributed by atoms with Crippen LogP contribution in [0, 0.1) is 6.92 Å². The first-order valence-corrected chi connectivity index (χ1v) is 13.2. The molecule has 3 aromatic carbocycles. The number of aryl methyl sites for hydroxylation is 1. The molecular formula is C31H36N2O4. The van der Waals surface area contributed by atoms with Gasteiger partial charge >= 0.3 is 6.09 Å². The molecule has 1 N–H and O–H groups in total. The first kappa shape index (κ1) is 25.1. The molecule has 1 unspecified atom stereocenters. The zero-order valence-electron chi connectivity index (χ0n) is 22.2. The minimum absolute atomic E-state index is 0.0904. The second kappa shape index (κ2) is 9.73. The molecule has 2 amide bonds. The Morgan fingerprint density at radius 1 is 1.03 bits per heavy atom. The molecular weight excluding hydrogens is 464 g/mol. The third-order valence-corrected chi connectivity index (χ3v) is 7.19. The predicted octanol–water partition coefficient (Wildman–Crippen LogP) is 6.35. The van der Waals surface area contributed by atoms with E-state index >= 15 is 0 Å². The standard InChI is InChI=1S/C31H36N2O4/c1-21-14-15-23(36-24-11-8-18-33(20-24)29(35)37-30(2,3)4)19-26(21)28(34)32-31(16-17-31)27-13-7-10-22-9-5-6-12-25(22)27/h5-7,9-10,12-15,19,24H,8,11,16-18,20H2,1-4H3,(H,32,34). The molecule has 1 aliphatic heterocycles. The maximum atomic E-state index is 13.5. The number of likely N-dealkylation sites (tertiary alicyclic amines) is 1. The smallest absolute Gasteiger partial charge is 0.410 e. The fourth-order valence-corrected chi connectivity index (χ4v) is 5.15. The Kier molecular flexibility index (Phi) is 6.61. The Morgan fingerprint density at radius 3 is 2.54 bits per heavy atom. The van der Waals surface area contributed by atoms with Crippen LogP contribution in [0.5, 0.6) is 5.75 Å². The SMILES string of the molecule is Cc1ccc(OC2CCCN(C(=O)OC(C)(C)C)C2)cc1C(=O)NC1(c2cccc3ccccc23)CC1. The van der Waals surface area contributed by atoms with Gasteiger partial charge in [-0.25, -0.2) is 4.79 Å². The number of benzene rings is 3. The lowest BCUT2D eigenvalue weighted by atomic mass is 9.96. The summed E-state index contributed by atoms with van der Waals surface area (Å²) in [5.74, 6) is 0.550. The van der Waals surface area contributed by atoms with Gasteiger partial charge in [-0.3, -0.25) is 4.79 Å². The molecule has 1 saturated heterocycles. The number of nitrogens with zero attached hydrogens (tertiary/aromatic N) is 1. The second-order valence-electron chi connectivity index (χ2n) is 11.3. The Labute approximate surface area is 218 Å². The zero-order valence-corrected chi connectivity index (χ0v) is 22.2. The van der Waals surface area contributed by atoms with Crippen molar-refractivity contribution in [3.05, 3.63) is 77.4 Å². The van der Waals surface area contributed by atoms with E-state index in [0.29, 0.717) is 24.4 Å². The van der Waals surface area contributed by atoms with Gasteiger partial charge in [0, 0.05) is 12.1 Å². The molecule has 0 aromatic heterocycles. The highest BCUT2D eigenvalue weighted by atomic mass is 16.6. The number of hydrogen-bond acceptors (Lipinski definition) is 4. The molecule has 1 aliphatic carbocycles. The number of nitrogens with one attached hydrogen (secondary N) is 1. The Bertz CT molecular complexity index is 1320. The van der Waals surface area contributed by atoms with Crippen molar-refractivity contribution in [1.82, 2.24) is 10.2 Å². The fraction of sp³-hybridized carbons (Fsp3) is 0.419. The molecule has 6 heteroatoms. The van der Waals surface area contributed by atoms with Crippen LogP contribution >= 0.6 is 0 Å². The monoisotopic (exact) mass is 500 g/mol. The zero-order chi connectivity index (χ0) is 26.2. The van der Waals surface area contributed by atoms with E-state index in [4.69, 9.17) is 9.47 Å². The van der Waals surface area contributed by atoms with E-state index in [0.717, 1.165) is 31.2 Å². The average Bonchev–Trinajstić information content (AvgIpc) is 3.64. The van der Waals surface area contributed by atoms with Crippen LogP contribution in [0.3, 0.4) is 0 Å². The molecule has 37 heavy (non-hydrogen) atoms. The average molecular weight is 501 g/mol. The van der Waals surface area contributed by atoms with Crippen molar-refractivity contribution < 1.29 is 19.1 Å². The Morgan fingerprint density at radius 2 is 1.78 bits per heavy atom. The van der Waals surface area contributed by atoms with Gasteiger partial charge in [-0.15, -0.1) is 0 Å². The topological polar surface area (TPSA) is 67.9 Å². The van der Waals surface area contributed by atoms with Crippen LogP contribution in [0.1, 0.15) is 67.9 Å². The van der Waals surface area contributed by atoms with Gasteiger partial charge in [-0.1, -0.05) is 48.5 Å². The highest BCUT2D eigenvalue weighted by Crippen LogP contribution is 2.48. The van der Waals surface area contributed by atoms with Crippen LogP contribution < -0.4 is 10.1 Å². The van der Waals surface area contributed by atoms with Crippen molar-refractivity contribution in [1.29, 1.82) is 0 Å². The quantitative estimate of drug-likeness (QED) is 0.444. The lowest BCUT2D eigenvalue weighted by Gasteiger charge is -2.34. The van der Waals surface area contributed by atoms with Crippen molar-refractivity contribution in [2.75, 3.05) is 13.1 Å². The van der Waals surface area contributed by atoms with Gasteiger partial charge in [0.15, 0.2) is 0 Å². The molecule has 0 radical (unpaired) electrons. The number of hydrogen-bond donors (Lipinski definition) is 1. The summed E-state index contributed by atoms with van der Waals surface area (Å²) in [6.45, 7) is 8.68. The highest BCUT2D eigenvalue weighted by molar-refractivity contribution is 5.97. The predicted molar refractivity (Wildman–Crippen MR) is 145 cm³/mol. The van der Waals surface area contributed by atoms with Gasteiger partial charge in [0.1, 0.15) is 17.5 Å². The third kappa shape index (κ3) is 5.58.